The van der Waals surface area contributed by atoms with Crippen molar-refractivity contribution >= 4 is 0 Å². The van der Waals surface area contributed by atoms with Crippen molar-refractivity contribution in [1.29, 1.82) is 0 Å². The Morgan fingerprint density at radius 1 is 1.33 bits per heavy atom. The SMILES string of the molecule is C=C/C(C)=C(CC)/C(=C\C=C/CC)C1=C(N)CCC(C(C)(F)F)=C1. The highest BCUT2D eigenvalue weighted by atomic mass is 19.3. The molecule has 0 heterocycles. The van der Waals surface area contributed by atoms with E-state index in [2.05, 4.69) is 20.4 Å². The van der Waals surface area contributed by atoms with Gasteiger partial charge in [-0.3, -0.25) is 0 Å². The van der Waals surface area contributed by atoms with Crippen molar-refractivity contribution in [2.45, 2.75) is 59.3 Å². The quantitative estimate of drug-likeness (QED) is 0.537. The summed E-state index contributed by atoms with van der Waals surface area (Å²) in [7, 11) is 0. The summed E-state index contributed by atoms with van der Waals surface area (Å²) in [5, 5.41) is 0. The zero-order chi connectivity index (χ0) is 18.3. The predicted molar refractivity (Wildman–Crippen MR) is 99.9 cm³/mol. The average molecular weight is 333 g/mol. The molecule has 0 aromatic rings. The zero-order valence-corrected chi connectivity index (χ0v) is 15.3. The van der Waals surface area contributed by atoms with Gasteiger partial charge in [0.15, 0.2) is 0 Å². The van der Waals surface area contributed by atoms with E-state index in [1.807, 2.05) is 25.2 Å². The smallest absolute Gasteiger partial charge is 0.266 e. The Bertz CT molecular complexity index is 623. The largest absolute Gasteiger partial charge is 0.402 e. The molecule has 1 rings (SSSR count). The summed E-state index contributed by atoms with van der Waals surface area (Å²) in [6, 6.07) is 0. The number of nitrogens with two attached hydrogens (primary N) is 1. The van der Waals surface area contributed by atoms with Gasteiger partial charge in [0.2, 0.25) is 0 Å². The van der Waals surface area contributed by atoms with E-state index in [1.165, 1.54) is 0 Å². The summed E-state index contributed by atoms with van der Waals surface area (Å²) in [6.07, 6.45) is 11.8. The third kappa shape index (κ3) is 5.05. The first kappa shape index (κ1) is 20.1. The van der Waals surface area contributed by atoms with Gasteiger partial charge in [0.1, 0.15) is 0 Å². The standard InChI is InChI=1S/C21H29F2N/c1-6-9-10-11-18(17(8-3)15(4)7-2)19-14-16(21(5,22)23)12-13-20(19)24/h7,9-11,14H,2,6,8,12-13,24H2,1,3-5H3/b10-9-,17-15+,18-11+. The Hall–Kier alpha value is -1.90. The first-order valence-corrected chi connectivity index (χ1v) is 8.53. The van der Waals surface area contributed by atoms with Gasteiger partial charge in [0.25, 0.3) is 5.92 Å². The summed E-state index contributed by atoms with van der Waals surface area (Å²) in [5.74, 6) is -2.82. The lowest BCUT2D eigenvalue weighted by molar-refractivity contribution is 0.0592. The molecule has 3 heteroatoms. The van der Waals surface area contributed by atoms with Crippen molar-refractivity contribution in [1.82, 2.24) is 0 Å². The molecular weight excluding hydrogens is 304 g/mol. The fraction of sp³-hybridized carbons (Fsp3) is 0.429. The minimum Gasteiger partial charge on any atom is -0.402 e. The van der Waals surface area contributed by atoms with Crippen LogP contribution in [0.15, 0.2) is 70.5 Å². The van der Waals surface area contributed by atoms with Crippen molar-refractivity contribution in [3.63, 3.8) is 0 Å². The van der Waals surface area contributed by atoms with E-state index in [-0.39, 0.29) is 5.57 Å². The van der Waals surface area contributed by atoms with Gasteiger partial charge >= 0.3 is 0 Å². The Morgan fingerprint density at radius 2 is 2.00 bits per heavy atom. The third-order valence-electron chi connectivity index (χ3n) is 4.28. The highest BCUT2D eigenvalue weighted by molar-refractivity contribution is 5.59. The summed E-state index contributed by atoms with van der Waals surface area (Å²) in [6.45, 7) is 10.9. The van der Waals surface area contributed by atoms with E-state index < -0.39 is 5.92 Å². The Kier molecular flexibility index (Phi) is 7.40. The lowest BCUT2D eigenvalue weighted by atomic mass is 9.84. The second-order valence-electron chi connectivity index (χ2n) is 6.13. The number of alkyl halides is 2. The van der Waals surface area contributed by atoms with Crippen molar-refractivity contribution in [3.8, 4) is 0 Å². The number of halogens is 2. The van der Waals surface area contributed by atoms with E-state index in [9.17, 15) is 8.78 Å². The molecule has 0 aromatic carbocycles. The van der Waals surface area contributed by atoms with Gasteiger partial charge in [-0.05, 0) is 61.0 Å². The van der Waals surface area contributed by atoms with Gasteiger partial charge in [-0.15, -0.1) is 0 Å². The van der Waals surface area contributed by atoms with Gasteiger partial charge in [0.05, 0.1) is 0 Å². The fourth-order valence-electron chi connectivity index (χ4n) is 2.80. The maximum atomic E-state index is 13.8. The predicted octanol–water partition coefficient (Wildman–Crippen LogP) is 6.38. The Balaban J connectivity index is 3.54. The van der Waals surface area contributed by atoms with Crippen LogP contribution in [0.5, 0.6) is 0 Å². The van der Waals surface area contributed by atoms with Crippen LogP contribution in [0, 0.1) is 0 Å². The molecule has 0 aliphatic heterocycles. The molecular formula is C21H29F2N. The van der Waals surface area contributed by atoms with Crippen LogP contribution in [0.25, 0.3) is 0 Å². The number of rotatable bonds is 7. The van der Waals surface area contributed by atoms with E-state index in [0.29, 0.717) is 18.5 Å². The molecule has 24 heavy (non-hydrogen) atoms. The molecule has 0 amide bonds. The molecule has 0 radical (unpaired) electrons. The summed E-state index contributed by atoms with van der Waals surface area (Å²) < 4.78 is 27.6. The molecule has 1 aliphatic carbocycles. The van der Waals surface area contributed by atoms with Crippen LogP contribution in [0.1, 0.15) is 53.4 Å². The van der Waals surface area contributed by atoms with E-state index in [0.717, 1.165) is 42.1 Å². The Labute approximate surface area is 145 Å². The molecule has 0 aromatic heterocycles. The van der Waals surface area contributed by atoms with Crippen molar-refractivity contribution in [2.75, 3.05) is 0 Å². The van der Waals surface area contributed by atoms with Gasteiger partial charge in [-0.2, -0.15) is 0 Å². The second-order valence-corrected chi connectivity index (χ2v) is 6.13. The van der Waals surface area contributed by atoms with Crippen LogP contribution in [0.2, 0.25) is 0 Å². The normalized spacial score (nSPS) is 17.9. The second kappa shape index (κ2) is 8.81. The fourth-order valence-corrected chi connectivity index (χ4v) is 2.80. The highest BCUT2D eigenvalue weighted by Gasteiger charge is 2.30. The first-order chi connectivity index (χ1) is 11.3. The molecule has 0 saturated carbocycles. The molecule has 1 nitrogen and oxygen atoms in total. The molecule has 0 atom stereocenters. The third-order valence-corrected chi connectivity index (χ3v) is 4.28. The summed E-state index contributed by atoms with van der Waals surface area (Å²) in [5.41, 5.74) is 10.8. The van der Waals surface area contributed by atoms with E-state index in [1.54, 1.807) is 12.2 Å². The highest BCUT2D eigenvalue weighted by Crippen LogP contribution is 2.37. The zero-order valence-electron chi connectivity index (χ0n) is 15.3. The van der Waals surface area contributed by atoms with Crippen molar-refractivity contribution < 1.29 is 8.78 Å². The minimum absolute atomic E-state index is 0.142. The monoisotopic (exact) mass is 333 g/mol. The van der Waals surface area contributed by atoms with E-state index >= 15 is 0 Å². The van der Waals surface area contributed by atoms with Gasteiger partial charge in [0, 0.05) is 18.2 Å². The maximum Gasteiger partial charge on any atom is 0.266 e. The topological polar surface area (TPSA) is 26.0 Å². The molecule has 0 unspecified atom stereocenters. The number of hydrogen-bond donors (Lipinski definition) is 1. The summed E-state index contributed by atoms with van der Waals surface area (Å²) in [4.78, 5) is 0. The van der Waals surface area contributed by atoms with Crippen LogP contribution in [-0.4, -0.2) is 5.92 Å². The first-order valence-electron chi connectivity index (χ1n) is 8.53. The van der Waals surface area contributed by atoms with Crippen LogP contribution < -0.4 is 5.73 Å². The maximum absolute atomic E-state index is 13.8. The van der Waals surface area contributed by atoms with Gasteiger partial charge in [-0.25, -0.2) is 8.78 Å². The number of allylic oxidation sites excluding steroid dienone is 11. The van der Waals surface area contributed by atoms with Gasteiger partial charge < -0.3 is 5.73 Å². The minimum atomic E-state index is -2.82. The Morgan fingerprint density at radius 3 is 2.50 bits per heavy atom. The van der Waals surface area contributed by atoms with E-state index in [4.69, 9.17) is 5.73 Å². The van der Waals surface area contributed by atoms with Crippen molar-refractivity contribution in [2.24, 2.45) is 5.73 Å². The lowest BCUT2D eigenvalue weighted by Gasteiger charge is -2.24. The number of hydrogen-bond acceptors (Lipinski definition) is 1. The van der Waals surface area contributed by atoms with Gasteiger partial charge in [-0.1, -0.05) is 44.7 Å². The van der Waals surface area contributed by atoms with Crippen LogP contribution in [0.4, 0.5) is 8.78 Å². The molecule has 2 N–H and O–H groups in total. The molecule has 1 aliphatic rings. The molecule has 0 saturated heterocycles. The van der Waals surface area contributed by atoms with Crippen molar-refractivity contribution in [3.05, 3.63) is 70.5 Å². The molecule has 132 valence electrons. The lowest BCUT2D eigenvalue weighted by Crippen LogP contribution is -2.19. The molecule has 0 bridgehead atoms. The molecule has 0 fully saturated rings. The van der Waals surface area contributed by atoms with Crippen LogP contribution >= 0.6 is 0 Å². The van der Waals surface area contributed by atoms with Crippen LogP contribution in [-0.2, 0) is 0 Å². The van der Waals surface area contributed by atoms with Crippen LogP contribution in [0.3, 0.4) is 0 Å². The summed E-state index contributed by atoms with van der Waals surface area (Å²) >= 11 is 0. The average Bonchev–Trinajstić information content (AvgIpc) is 2.53. The molecule has 0 spiro atoms.